The van der Waals surface area contributed by atoms with E-state index in [9.17, 15) is 0 Å². The molecule has 4 nitrogen and oxygen atoms in total. The monoisotopic (exact) mass is 297 g/mol. The quantitative estimate of drug-likeness (QED) is 0.454. The highest BCUT2D eigenvalue weighted by Gasteiger charge is 2.15. The van der Waals surface area contributed by atoms with Gasteiger partial charge in [0.05, 0.1) is 16.6 Å². The number of fused-ring (bicyclic) bond motifs is 4. The van der Waals surface area contributed by atoms with Crippen molar-refractivity contribution in [2.24, 2.45) is 0 Å². The summed E-state index contributed by atoms with van der Waals surface area (Å²) in [5.41, 5.74) is 5.17. The van der Waals surface area contributed by atoms with Gasteiger partial charge in [-0.3, -0.25) is 15.0 Å². The Kier molecular flexibility index (Phi) is 2.46. The molecule has 0 radical (unpaired) electrons. The molecule has 0 fully saturated rings. The summed E-state index contributed by atoms with van der Waals surface area (Å²) >= 11 is 0. The lowest BCUT2D eigenvalue weighted by atomic mass is 10.0. The lowest BCUT2D eigenvalue weighted by Crippen LogP contribution is -1.89. The molecular weight excluding hydrogens is 286 g/mol. The van der Waals surface area contributed by atoms with Crippen molar-refractivity contribution in [2.45, 2.75) is 0 Å². The third-order valence-corrected chi connectivity index (χ3v) is 4.03. The second-order valence-electron chi connectivity index (χ2n) is 5.37. The molecule has 0 amide bonds. The van der Waals surface area contributed by atoms with Crippen molar-refractivity contribution >= 4 is 33.0 Å². The van der Waals surface area contributed by atoms with Crippen LogP contribution in [0.5, 0.6) is 0 Å². The van der Waals surface area contributed by atoms with E-state index in [1.54, 1.807) is 12.4 Å². The largest absolute Gasteiger partial charge is 0.454 e. The van der Waals surface area contributed by atoms with E-state index >= 15 is 0 Å². The van der Waals surface area contributed by atoms with Crippen LogP contribution in [-0.2, 0) is 0 Å². The fourth-order valence-electron chi connectivity index (χ4n) is 3.04. The molecule has 0 saturated heterocycles. The van der Waals surface area contributed by atoms with Crippen molar-refractivity contribution in [1.82, 2.24) is 15.0 Å². The first kappa shape index (κ1) is 12.3. The van der Waals surface area contributed by atoms with Gasteiger partial charge in [-0.25, -0.2) is 0 Å². The smallest absolute Gasteiger partial charge is 0.153 e. The van der Waals surface area contributed by atoms with Gasteiger partial charge >= 0.3 is 0 Å². The highest BCUT2D eigenvalue weighted by molar-refractivity contribution is 6.12. The average Bonchev–Trinajstić information content (AvgIpc) is 3.00. The van der Waals surface area contributed by atoms with Crippen LogP contribution in [0.25, 0.3) is 44.2 Å². The molecule has 0 atom stereocenters. The van der Waals surface area contributed by atoms with E-state index in [1.807, 2.05) is 54.7 Å². The van der Waals surface area contributed by atoms with Gasteiger partial charge in [-0.05, 0) is 30.3 Å². The lowest BCUT2D eigenvalue weighted by molar-refractivity contribution is 0.668. The molecule has 0 aliphatic carbocycles. The zero-order valence-corrected chi connectivity index (χ0v) is 12.1. The van der Waals surface area contributed by atoms with Crippen LogP contribution in [0.2, 0.25) is 0 Å². The molecule has 5 rings (SSSR count). The maximum absolute atomic E-state index is 5.92. The van der Waals surface area contributed by atoms with Crippen LogP contribution >= 0.6 is 0 Å². The number of hydrogen-bond acceptors (Lipinski definition) is 4. The molecule has 0 unspecified atom stereocenters. The molecular formula is C19H11N3O. The molecule has 23 heavy (non-hydrogen) atoms. The van der Waals surface area contributed by atoms with Gasteiger partial charge < -0.3 is 4.42 Å². The Morgan fingerprint density at radius 1 is 0.652 bits per heavy atom. The second kappa shape index (κ2) is 4.61. The molecule has 4 heteroatoms. The van der Waals surface area contributed by atoms with Gasteiger partial charge in [0.2, 0.25) is 0 Å². The van der Waals surface area contributed by atoms with E-state index in [0.717, 1.165) is 44.2 Å². The third kappa shape index (κ3) is 1.75. The summed E-state index contributed by atoms with van der Waals surface area (Å²) in [6, 6.07) is 15.7. The third-order valence-electron chi connectivity index (χ3n) is 4.03. The molecule has 0 spiro atoms. The van der Waals surface area contributed by atoms with Gasteiger partial charge in [0.1, 0.15) is 11.1 Å². The number of nitrogens with zero attached hydrogens (tertiary/aromatic N) is 3. The zero-order valence-electron chi connectivity index (χ0n) is 12.1. The number of pyridine rings is 3. The van der Waals surface area contributed by atoms with Crippen molar-refractivity contribution in [2.75, 3.05) is 0 Å². The highest BCUT2D eigenvalue weighted by Crippen LogP contribution is 2.36. The van der Waals surface area contributed by atoms with Crippen LogP contribution in [0.3, 0.4) is 0 Å². The zero-order chi connectivity index (χ0) is 15.2. The maximum Gasteiger partial charge on any atom is 0.153 e. The minimum atomic E-state index is 0.781. The molecule has 0 aliphatic rings. The Labute approximate surface area is 131 Å². The summed E-state index contributed by atoms with van der Waals surface area (Å²) in [7, 11) is 0. The summed E-state index contributed by atoms with van der Waals surface area (Å²) in [5.74, 6) is 0. The van der Waals surface area contributed by atoms with Crippen molar-refractivity contribution in [3.8, 4) is 11.3 Å². The molecule has 0 N–H and O–H groups in total. The van der Waals surface area contributed by atoms with E-state index < -0.39 is 0 Å². The van der Waals surface area contributed by atoms with E-state index in [2.05, 4.69) is 15.0 Å². The standard InChI is InChI=1S/C19H11N3O/c1-5-13(18-17-12(8-11-22-18)4-2-9-20-17)16-14(6-1)23-15-7-3-10-21-19(15)16/h1-11H. The van der Waals surface area contributed by atoms with Crippen molar-refractivity contribution < 1.29 is 4.42 Å². The van der Waals surface area contributed by atoms with Crippen LogP contribution < -0.4 is 0 Å². The normalized spacial score (nSPS) is 11.5. The van der Waals surface area contributed by atoms with Crippen LogP contribution in [0.4, 0.5) is 0 Å². The second-order valence-corrected chi connectivity index (χ2v) is 5.37. The fraction of sp³-hybridized carbons (Fsp3) is 0. The summed E-state index contributed by atoms with van der Waals surface area (Å²) < 4.78 is 5.92. The SMILES string of the molecule is c1cnc2c(-c3cccc4oc5cccnc5c34)nccc2c1. The Hall–Kier alpha value is -3.27. The minimum absolute atomic E-state index is 0.781. The van der Waals surface area contributed by atoms with Crippen LogP contribution in [0.1, 0.15) is 0 Å². The van der Waals surface area contributed by atoms with Gasteiger partial charge in [-0.15, -0.1) is 0 Å². The Morgan fingerprint density at radius 2 is 1.48 bits per heavy atom. The summed E-state index contributed by atoms with van der Waals surface area (Å²) in [6.45, 7) is 0. The Bertz CT molecular complexity index is 1170. The topological polar surface area (TPSA) is 51.8 Å². The molecule has 0 saturated carbocycles. The molecule has 4 heterocycles. The van der Waals surface area contributed by atoms with Crippen molar-refractivity contribution in [3.63, 3.8) is 0 Å². The van der Waals surface area contributed by atoms with Crippen LogP contribution in [-0.4, -0.2) is 15.0 Å². The Balaban J connectivity index is 1.96. The number of furan rings is 1. The molecule has 0 bridgehead atoms. The minimum Gasteiger partial charge on any atom is -0.454 e. The van der Waals surface area contributed by atoms with Crippen molar-refractivity contribution in [1.29, 1.82) is 0 Å². The van der Waals surface area contributed by atoms with E-state index in [0.29, 0.717) is 0 Å². The van der Waals surface area contributed by atoms with E-state index in [-0.39, 0.29) is 0 Å². The highest BCUT2D eigenvalue weighted by atomic mass is 16.3. The Morgan fingerprint density at radius 3 is 2.43 bits per heavy atom. The van der Waals surface area contributed by atoms with E-state index in [4.69, 9.17) is 4.42 Å². The maximum atomic E-state index is 5.92. The summed E-state index contributed by atoms with van der Waals surface area (Å²) in [6.07, 6.45) is 5.39. The first-order valence-electron chi connectivity index (χ1n) is 7.38. The molecule has 108 valence electrons. The van der Waals surface area contributed by atoms with Gasteiger partial charge in [-0.1, -0.05) is 18.2 Å². The van der Waals surface area contributed by atoms with Crippen LogP contribution in [0, 0.1) is 0 Å². The first-order chi connectivity index (χ1) is 11.4. The number of benzene rings is 1. The average molecular weight is 297 g/mol. The predicted octanol–water partition coefficient (Wildman–Crippen LogP) is 4.59. The van der Waals surface area contributed by atoms with Gasteiger partial charge in [-0.2, -0.15) is 0 Å². The fourth-order valence-corrected chi connectivity index (χ4v) is 3.04. The number of hydrogen-bond donors (Lipinski definition) is 0. The molecule has 1 aromatic carbocycles. The molecule has 5 aromatic rings. The number of rotatable bonds is 1. The molecule has 4 aromatic heterocycles. The van der Waals surface area contributed by atoms with Gasteiger partial charge in [0, 0.05) is 29.5 Å². The van der Waals surface area contributed by atoms with Crippen molar-refractivity contribution in [3.05, 3.63) is 67.1 Å². The molecule has 0 aliphatic heterocycles. The van der Waals surface area contributed by atoms with E-state index in [1.165, 1.54) is 0 Å². The summed E-state index contributed by atoms with van der Waals surface area (Å²) in [4.78, 5) is 13.6. The first-order valence-corrected chi connectivity index (χ1v) is 7.38. The summed E-state index contributed by atoms with van der Waals surface area (Å²) in [5, 5.41) is 2.05. The predicted molar refractivity (Wildman–Crippen MR) is 90.0 cm³/mol. The van der Waals surface area contributed by atoms with Gasteiger partial charge in [0.25, 0.3) is 0 Å². The van der Waals surface area contributed by atoms with Gasteiger partial charge in [0.15, 0.2) is 5.58 Å². The lowest BCUT2D eigenvalue weighted by Gasteiger charge is -2.06. The van der Waals surface area contributed by atoms with Crippen LogP contribution in [0.15, 0.2) is 71.5 Å². The number of aromatic nitrogens is 3.